The van der Waals surface area contributed by atoms with Gasteiger partial charge in [0.2, 0.25) is 12.2 Å². The van der Waals surface area contributed by atoms with Crippen molar-refractivity contribution in [3.63, 3.8) is 0 Å². The van der Waals surface area contributed by atoms with Gasteiger partial charge in [-0.25, -0.2) is 4.79 Å². The fourth-order valence-electron chi connectivity index (χ4n) is 4.32. The van der Waals surface area contributed by atoms with Crippen molar-refractivity contribution in [3.05, 3.63) is 95.0 Å². The molecule has 3 aromatic rings. The molecule has 4 rings (SSSR count). The molecule has 2 N–H and O–H groups in total. The summed E-state index contributed by atoms with van der Waals surface area (Å²) >= 11 is 5.99. The van der Waals surface area contributed by atoms with E-state index in [2.05, 4.69) is 32.7 Å². The SMILES string of the molecule is CN(C)Cc1ccc(N/C(=N/C#N)N2CCN(C(=O)Nc3ccc(Cl)cc3)C(c3ccccc3)C2)cc1. The Morgan fingerprint density at radius 1 is 1.00 bits per heavy atom. The van der Waals surface area contributed by atoms with Crippen LogP contribution in [0.1, 0.15) is 17.2 Å². The Labute approximate surface area is 222 Å². The number of nitrogens with zero attached hydrogens (tertiary/aromatic N) is 5. The maximum atomic E-state index is 13.3. The van der Waals surface area contributed by atoms with Gasteiger partial charge in [0.15, 0.2) is 0 Å². The summed E-state index contributed by atoms with van der Waals surface area (Å²) < 4.78 is 0. The van der Waals surface area contributed by atoms with Crippen molar-refractivity contribution < 1.29 is 4.79 Å². The number of hydrogen-bond acceptors (Lipinski definition) is 4. The normalized spacial score (nSPS) is 15.9. The number of piperazine rings is 1. The van der Waals surface area contributed by atoms with Crippen LogP contribution in [0.2, 0.25) is 5.02 Å². The molecule has 1 atom stereocenters. The maximum absolute atomic E-state index is 13.3. The number of benzene rings is 3. The topological polar surface area (TPSA) is 87.0 Å². The molecule has 0 aromatic heterocycles. The van der Waals surface area contributed by atoms with Gasteiger partial charge in [-0.15, -0.1) is 4.99 Å². The Morgan fingerprint density at radius 2 is 1.65 bits per heavy atom. The number of nitrogens with one attached hydrogen (secondary N) is 2. The standard InChI is InChI=1S/C28H30ClN7O/c1-34(2)18-21-8-12-24(13-9-21)32-27(31-20-30)35-16-17-36(26(19-35)22-6-4-3-5-7-22)28(37)33-25-14-10-23(29)11-15-25/h3-15,26H,16-19H2,1-2H3,(H,31,32)(H,33,37). The number of amides is 2. The second-order valence-corrected chi connectivity index (χ2v) is 9.53. The van der Waals surface area contributed by atoms with Crippen molar-refractivity contribution in [2.75, 3.05) is 44.4 Å². The summed E-state index contributed by atoms with van der Waals surface area (Å²) in [7, 11) is 4.06. The lowest BCUT2D eigenvalue weighted by Crippen LogP contribution is -2.54. The lowest BCUT2D eigenvalue weighted by Gasteiger charge is -2.42. The number of halogens is 1. The zero-order chi connectivity index (χ0) is 26.2. The molecule has 9 heteroatoms. The van der Waals surface area contributed by atoms with Gasteiger partial charge in [0.25, 0.3) is 0 Å². The van der Waals surface area contributed by atoms with Crippen LogP contribution in [-0.4, -0.2) is 60.4 Å². The highest BCUT2D eigenvalue weighted by Crippen LogP contribution is 2.27. The summed E-state index contributed by atoms with van der Waals surface area (Å²) in [5.74, 6) is 0.460. The summed E-state index contributed by atoms with van der Waals surface area (Å²) in [6.45, 7) is 2.29. The first kappa shape index (κ1) is 26.0. The minimum absolute atomic E-state index is 0.195. The number of hydrogen-bond donors (Lipinski definition) is 2. The minimum Gasteiger partial charge on any atom is -0.338 e. The van der Waals surface area contributed by atoms with Crippen molar-refractivity contribution in [1.82, 2.24) is 14.7 Å². The molecule has 190 valence electrons. The Morgan fingerprint density at radius 3 is 2.30 bits per heavy atom. The molecule has 1 aliphatic rings. The molecule has 0 spiro atoms. The molecular formula is C28H30ClN7O. The zero-order valence-electron chi connectivity index (χ0n) is 20.9. The monoisotopic (exact) mass is 515 g/mol. The van der Waals surface area contributed by atoms with E-state index in [9.17, 15) is 10.1 Å². The third-order valence-electron chi connectivity index (χ3n) is 6.09. The molecule has 0 radical (unpaired) electrons. The Kier molecular flexibility index (Phi) is 8.62. The summed E-state index contributed by atoms with van der Waals surface area (Å²) in [6, 6.07) is 24.6. The highest BCUT2D eigenvalue weighted by Gasteiger charge is 2.33. The lowest BCUT2D eigenvalue weighted by atomic mass is 10.0. The van der Waals surface area contributed by atoms with E-state index in [0.717, 1.165) is 17.8 Å². The van der Waals surface area contributed by atoms with Crippen LogP contribution in [0, 0.1) is 11.5 Å². The van der Waals surface area contributed by atoms with Crippen molar-refractivity contribution in [2.45, 2.75) is 12.6 Å². The van der Waals surface area contributed by atoms with Gasteiger partial charge in [-0.3, -0.25) is 0 Å². The third kappa shape index (κ3) is 7.00. The number of anilines is 2. The molecule has 1 saturated heterocycles. The highest BCUT2D eigenvalue weighted by atomic mass is 35.5. The van der Waals surface area contributed by atoms with Crippen molar-refractivity contribution in [1.29, 1.82) is 5.26 Å². The Hall–Kier alpha value is -4.06. The van der Waals surface area contributed by atoms with E-state index in [1.807, 2.05) is 72.6 Å². The summed E-state index contributed by atoms with van der Waals surface area (Å²) in [6.07, 6.45) is 1.92. The molecule has 3 aromatic carbocycles. The van der Waals surface area contributed by atoms with Crippen LogP contribution >= 0.6 is 11.6 Å². The van der Waals surface area contributed by atoms with Gasteiger partial charge in [-0.05, 0) is 61.6 Å². The molecule has 1 unspecified atom stereocenters. The quantitative estimate of drug-likeness (QED) is 0.275. The maximum Gasteiger partial charge on any atom is 0.322 e. The lowest BCUT2D eigenvalue weighted by molar-refractivity contribution is 0.136. The van der Waals surface area contributed by atoms with Gasteiger partial charge >= 0.3 is 6.03 Å². The number of carbonyl (C=O) groups is 1. The van der Waals surface area contributed by atoms with E-state index in [1.54, 1.807) is 24.3 Å². The summed E-state index contributed by atoms with van der Waals surface area (Å²) in [5, 5.41) is 16.3. The third-order valence-corrected chi connectivity index (χ3v) is 6.34. The van der Waals surface area contributed by atoms with E-state index in [0.29, 0.717) is 36.3 Å². The van der Waals surface area contributed by atoms with Crippen molar-refractivity contribution in [2.24, 2.45) is 4.99 Å². The highest BCUT2D eigenvalue weighted by molar-refractivity contribution is 6.30. The van der Waals surface area contributed by atoms with E-state index in [-0.39, 0.29) is 12.1 Å². The van der Waals surface area contributed by atoms with Crippen LogP contribution in [0.25, 0.3) is 0 Å². The van der Waals surface area contributed by atoms with Crippen molar-refractivity contribution >= 4 is 35.0 Å². The Bertz CT molecular complexity index is 1250. The zero-order valence-corrected chi connectivity index (χ0v) is 21.7. The van der Waals surface area contributed by atoms with Gasteiger partial charge < -0.3 is 25.3 Å². The fourth-order valence-corrected chi connectivity index (χ4v) is 4.45. The molecular weight excluding hydrogens is 486 g/mol. The van der Waals surface area contributed by atoms with E-state index < -0.39 is 0 Å². The van der Waals surface area contributed by atoms with Crippen LogP contribution in [0.5, 0.6) is 0 Å². The number of urea groups is 1. The first-order valence-electron chi connectivity index (χ1n) is 12.0. The van der Waals surface area contributed by atoms with Crippen LogP contribution in [0.3, 0.4) is 0 Å². The molecule has 8 nitrogen and oxygen atoms in total. The van der Waals surface area contributed by atoms with Crippen LogP contribution in [0.4, 0.5) is 16.2 Å². The average molecular weight is 516 g/mol. The average Bonchev–Trinajstić information content (AvgIpc) is 2.90. The molecule has 0 bridgehead atoms. The predicted octanol–water partition coefficient (Wildman–Crippen LogP) is 5.24. The van der Waals surface area contributed by atoms with Gasteiger partial charge in [0.1, 0.15) is 0 Å². The molecule has 2 amide bonds. The van der Waals surface area contributed by atoms with E-state index in [4.69, 9.17) is 11.6 Å². The first-order chi connectivity index (χ1) is 17.9. The van der Waals surface area contributed by atoms with Gasteiger partial charge in [0, 0.05) is 42.6 Å². The largest absolute Gasteiger partial charge is 0.338 e. The van der Waals surface area contributed by atoms with Gasteiger partial charge in [-0.2, -0.15) is 5.26 Å². The predicted molar refractivity (Wildman–Crippen MR) is 148 cm³/mol. The first-order valence-corrected chi connectivity index (χ1v) is 12.4. The molecule has 1 heterocycles. The second kappa shape index (κ2) is 12.3. The Balaban J connectivity index is 1.52. The van der Waals surface area contributed by atoms with Crippen LogP contribution in [-0.2, 0) is 6.54 Å². The second-order valence-electron chi connectivity index (χ2n) is 9.10. The van der Waals surface area contributed by atoms with Crippen molar-refractivity contribution in [3.8, 4) is 6.19 Å². The number of carbonyl (C=O) groups excluding carboxylic acids is 1. The van der Waals surface area contributed by atoms with E-state index >= 15 is 0 Å². The summed E-state index contributed by atoms with van der Waals surface area (Å²) in [4.78, 5) is 23.3. The van der Waals surface area contributed by atoms with E-state index in [1.165, 1.54) is 5.56 Å². The number of aliphatic imine (C=N–C) groups is 1. The molecule has 1 aliphatic heterocycles. The number of rotatable bonds is 5. The smallest absolute Gasteiger partial charge is 0.322 e. The fraction of sp³-hybridized carbons (Fsp3) is 0.250. The molecule has 1 fully saturated rings. The van der Waals surface area contributed by atoms with Gasteiger partial charge in [-0.1, -0.05) is 54.1 Å². The van der Waals surface area contributed by atoms with Crippen LogP contribution in [0.15, 0.2) is 83.9 Å². The van der Waals surface area contributed by atoms with Gasteiger partial charge in [0.05, 0.1) is 6.04 Å². The molecule has 0 aliphatic carbocycles. The van der Waals surface area contributed by atoms with Crippen LogP contribution < -0.4 is 10.6 Å². The number of nitriles is 1. The number of guanidine groups is 1. The molecule has 0 saturated carbocycles. The molecule has 37 heavy (non-hydrogen) atoms. The minimum atomic E-state index is -0.240. The summed E-state index contributed by atoms with van der Waals surface area (Å²) in [5.41, 5.74) is 3.71.